The first kappa shape index (κ1) is 20.2. The molecule has 1 aromatic carbocycles. The van der Waals surface area contributed by atoms with Crippen LogP contribution in [0.5, 0.6) is 0 Å². The van der Waals surface area contributed by atoms with Crippen LogP contribution in [-0.4, -0.2) is 18.1 Å². The number of rotatable bonds is 3. The lowest BCUT2D eigenvalue weighted by molar-refractivity contribution is -0.442. The van der Waals surface area contributed by atoms with Crippen LogP contribution in [0.15, 0.2) is 0 Å². The third-order valence-electron chi connectivity index (χ3n) is 2.55. The molecule has 24 heavy (non-hydrogen) atoms. The van der Waals surface area contributed by atoms with Crippen molar-refractivity contribution in [2.45, 2.75) is 18.1 Å². The van der Waals surface area contributed by atoms with Gasteiger partial charge in [-0.25, -0.2) is 13.2 Å². The van der Waals surface area contributed by atoms with Gasteiger partial charge in [-0.05, 0) is 0 Å². The Kier molecular flexibility index (Phi) is 4.52. The Morgan fingerprint density at radius 1 is 0.542 bits per heavy atom. The Morgan fingerprint density at radius 2 is 0.833 bits per heavy atom. The molecule has 0 heterocycles. The minimum atomic E-state index is -7.65. The van der Waals surface area contributed by atoms with Crippen LogP contribution in [0.2, 0.25) is 0 Å². The van der Waals surface area contributed by atoms with Crippen molar-refractivity contribution in [2.24, 2.45) is 0 Å². The summed E-state index contributed by atoms with van der Waals surface area (Å²) in [6.45, 7) is 0. The van der Waals surface area contributed by atoms with Crippen LogP contribution < -0.4 is 4.93 Å². The fourth-order valence-electron chi connectivity index (χ4n) is 1.33. The predicted molar refractivity (Wildman–Crippen MR) is 46.2 cm³/mol. The number of alkyl halides is 7. The van der Waals surface area contributed by atoms with Crippen LogP contribution in [0.25, 0.3) is 0 Å². The molecule has 0 unspecified atom stereocenters. The summed E-state index contributed by atoms with van der Waals surface area (Å²) in [6, 6.07) is -7.65. The average molecular weight is 388 g/mol. The lowest BCUT2D eigenvalue weighted by Gasteiger charge is -2.29. The molecule has 0 radical (unpaired) electrons. The van der Waals surface area contributed by atoms with Crippen molar-refractivity contribution in [2.75, 3.05) is 0 Å². The first-order valence-corrected chi connectivity index (χ1v) is 5.05. The second kappa shape index (κ2) is 5.35. The molecule has 1 aromatic rings. The molecule has 0 bridgehead atoms. The Bertz CT molecular complexity index is 630. The van der Waals surface area contributed by atoms with E-state index in [1.807, 2.05) is 0 Å². The number of hydrogen-bond acceptors (Lipinski definition) is 0. The highest BCUT2D eigenvalue weighted by Gasteiger charge is 2.87. The molecule has 0 saturated heterocycles. The summed E-state index contributed by atoms with van der Waals surface area (Å²) in [5.41, 5.74) is -3.89. The number of benzene rings is 1. The number of quaternary nitrogens is 1. The maximum atomic E-state index is 13.2. The quantitative estimate of drug-likeness (QED) is 0.218. The van der Waals surface area contributed by atoms with E-state index in [-0.39, 0.29) is 0 Å². The minimum absolute atomic E-state index is 3.13. The van der Waals surface area contributed by atoms with Gasteiger partial charge in [0.15, 0.2) is 4.93 Å². The van der Waals surface area contributed by atoms with Crippen LogP contribution in [0.3, 0.4) is 0 Å². The minimum Gasteiger partial charge on any atom is -0.200 e. The van der Waals surface area contributed by atoms with Gasteiger partial charge < -0.3 is 0 Å². The Balaban J connectivity index is 3.80. The zero-order valence-electron chi connectivity index (χ0n) is 10.2. The lowest BCUT2D eigenvalue weighted by atomic mass is 10.2. The summed E-state index contributed by atoms with van der Waals surface area (Å²) >= 11 is 0. The third kappa shape index (κ3) is 2.44. The van der Waals surface area contributed by atoms with E-state index in [2.05, 4.69) is 0 Å². The Hall–Kier alpha value is -1.80. The first-order valence-electron chi connectivity index (χ1n) is 5.05. The van der Waals surface area contributed by atoms with Crippen LogP contribution >= 0.6 is 0 Å². The SMILES string of the molecule is Fc1c(F)c(F)c([N+](F)(F)C(F)(F)C(F)(F)C(F)(F)F)c(F)c1F. The number of hydrogen-bond donors (Lipinski definition) is 0. The lowest BCUT2D eigenvalue weighted by Crippen LogP contribution is -2.65. The van der Waals surface area contributed by atoms with Crippen LogP contribution in [0, 0.1) is 29.1 Å². The number of nitrogens with zero attached hydrogens (tertiary/aromatic N) is 1. The molecule has 0 N–H and O–H groups in total. The molecular weight excluding hydrogens is 388 g/mol. The summed E-state index contributed by atoms with van der Waals surface area (Å²) in [5.74, 6) is -24.7. The smallest absolute Gasteiger partial charge is 0.200 e. The van der Waals surface area contributed by atoms with E-state index in [1.54, 1.807) is 0 Å². The van der Waals surface area contributed by atoms with Gasteiger partial charge in [0.05, 0.1) is 8.96 Å². The molecule has 0 amide bonds. The van der Waals surface area contributed by atoms with Crippen molar-refractivity contribution in [3.63, 3.8) is 0 Å². The van der Waals surface area contributed by atoms with Crippen molar-refractivity contribution >= 4 is 5.69 Å². The molecule has 0 fully saturated rings. The third-order valence-corrected chi connectivity index (χ3v) is 2.55. The van der Waals surface area contributed by atoms with Crippen LogP contribution in [0.1, 0.15) is 0 Å². The van der Waals surface area contributed by atoms with Crippen molar-refractivity contribution in [3.8, 4) is 0 Å². The summed E-state index contributed by atoms with van der Waals surface area (Å²) in [7, 11) is 0. The second-order valence-electron chi connectivity index (χ2n) is 4.05. The van der Waals surface area contributed by atoms with Gasteiger partial charge in [0.2, 0.25) is 29.1 Å². The molecule has 0 aliphatic carbocycles. The monoisotopic (exact) mass is 388 g/mol. The van der Waals surface area contributed by atoms with Crippen molar-refractivity contribution in [3.05, 3.63) is 29.1 Å². The van der Waals surface area contributed by atoms with E-state index < -0.39 is 57.8 Å². The summed E-state index contributed by atoms with van der Waals surface area (Å²) in [5, 5.41) is 0. The van der Waals surface area contributed by atoms with E-state index in [4.69, 9.17) is 0 Å². The zero-order valence-corrected chi connectivity index (χ0v) is 10.2. The molecule has 0 atom stereocenters. The van der Waals surface area contributed by atoms with Crippen LogP contribution in [-0.2, 0) is 0 Å². The molecule has 0 aromatic heterocycles. The molecular formula is C9F14N+. The first-order chi connectivity index (χ1) is 10.4. The maximum absolute atomic E-state index is 13.2. The fraction of sp³-hybridized carbons (Fsp3) is 0.333. The maximum Gasteiger partial charge on any atom is 0.543 e. The van der Waals surface area contributed by atoms with Gasteiger partial charge in [0, 0.05) is 0 Å². The standard InChI is InChI=1S/C9F14N/c10-1-2(11)4(13)6(5(14)3(1)12)24(22,23)9(20,21)7(15,16)8(17,18)19/q+1. The highest BCUT2D eigenvalue weighted by Crippen LogP contribution is 2.54. The van der Waals surface area contributed by atoms with Gasteiger partial charge >= 0.3 is 18.1 Å². The number of halogens is 14. The largest absolute Gasteiger partial charge is 0.543 e. The predicted octanol–water partition coefficient (Wildman–Crippen LogP) is 5.25. The molecule has 15 heteroatoms. The molecule has 0 saturated carbocycles. The van der Waals surface area contributed by atoms with Crippen LogP contribution in [0.4, 0.5) is 67.3 Å². The molecule has 1 nitrogen and oxygen atoms in total. The average Bonchev–Trinajstić information content (AvgIpc) is 2.41. The Labute approximate surface area is 121 Å². The molecule has 0 aliphatic heterocycles. The van der Waals surface area contributed by atoms with Gasteiger partial charge in [0.25, 0.3) is 5.69 Å². The van der Waals surface area contributed by atoms with E-state index in [0.29, 0.717) is 0 Å². The summed E-state index contributed by atoms with van der Waals surface area (Å²) in [4.78, 5) is -6.30. The van der Waals surface area contributed by atoms with E-state index >= 15 is 0 Å². The van der Waals surface area contributed by atoms with Crippen molar-refractivity contribution in [1.29, 1.82) is 0 Å². The summed E-state index contributed by atoms with van der Waals surface area (Å²) < 4.78 is 177. The topological polar surface area (TPSA) is 0 Å². The van der Waals surface area contributed by atoms with Crippen molar-refractivity contribution < 1.29 is 61.6 Å². The van der Waals surface area contributed by atoms with E-state index in [9.17, 15) is 61.6 Å². The van der Waals surface area contributed by atoms with Gasteiger partial charge in [-0.1, -0.05) is 0 Å². The molecule has 1 rings (SSSR count). The highest BCUT2D eigenvalue weighted by molar-refractivity contribution is 5.45. The van der Waals surface area contributed by atoms with Gasteiger partial charge in [-0.15, -0.1) is 8.78 Å². The van der Waals surface area contributed by atoms with Gasteiger partial charge in [-0.3, -0.25) is 0 Å². The molecule has 0 spiro atoms. The summed E-state index contributed by atoms with van der Waals surface area (Å²) in [6.07, 6.45) is -7.34. The molecule has 138 valence electrons. The molecule has 0 aliphatic rings. The van der Waals surface area contributed by atoms with Gasteiger partial charge in [0.1, 0.15) is 0 Å². The fourth-order valence-corrected chi connectivity index (χ4v) is 1.33. The van der Waals surface area contributed by atoms with Gasteiger partial charge in [-0.2, -0.15) is 30.7 Å². The van der Waals surface area contributed by atoms with Crippen molar-refractivity contribution in [1.82, 2.24) is 4.93 Å². The Morgan fingerprint density at radius 3 is 1.12 bits per heavy atom. The highest BCUT2D eigenvalue weighted by atomic mass is 19.4. The zero-order chi connectivity index (χ0) is 19.5. The van der Waals surface area contributed by atoms with E-state index in [1.165, 1.54) is 0 Å². The second-order valence-corrected chi connectivity index (χ2v) is 4.05. The van der Waals surface area contributed by atoms with E-state index in [0.717, 1.165) is 0 Å². The normalized spacial score (nSPS) is 14.2.